The first-order valence-electron chi connectivity index (χ1n) is 7.99. The first-order chi connectivity index (χ1) is 9.39. The first kappa shape index (κ1) is 16.2. The fourth-order valence-electron chi connectivity index (χ4n) is 3.37. The van der Waals surface area contributed by atoms with E-state index in [0.717, 1.165) is 32.7 Å². The summed E-state index contributed by atoms with van der Waals surface area (Å²) in [4.78, 5) is 0. The molecule has 0 saturated heterocycles. The van der Waals surface area contributed by atoms with Crippen LogP contribution in [0.2, 0.25) is 0 Å². The van der Waals surface area contributed by atoms with Gasteiger partial charge in [-0.15, -0.1) is 0 Å². The van der Waals surface area contributed by atoms with Crippen molar-refractivity contribution in [2.24, 2.45) is 16.6 Å². The van der Waals surface area contributed by atoms with Crippen molar-refractivity contribution in [2.45, 2.75) is 58.1 Å². The summed E-state index contributed by atoms with van der Waals surface area (Å²) < 4.78 is 11.0. The molecule has 0 spiro atoms. The van der Waals surface area contributed by atoms with Gasteiger partial charge in [0, 0.05) is 44.4 Å². The van der Waals surface area contributed by atoms with Gasteiger partial charge in [0.05, 0.1) is 6.10 Å². The molecule has 4 heteroatoms. The summed E-state index contributed by atoms with van der Waals surface area (Å²) >= 11 is 0. The van der Waals surface area contributed by atoms with E-state index in [1.807, 2.05) is 0 Å². The summed E-state index contributed by atoms with van der Waals surface area (Å²) in [5.41, 5.74) is 6.99. The molecule has 2 saturated carbocycles. The van der Waals surface area contributed by atoms with Gasteiger partial charge >= 0.3 is 0 Å². The Morgan fingerprint density at radius 2 is 1.95 bits per heavy atom. The van der Waals surface area contributed by atoms with Crippen LogP contribution >= 0.6 is 0 Å². The zero-order valence-corrected chi connectivity index (χ0v) is 13.6. The molecule has 2 unspecified atom stereocenters. The SMILES string of the molecule is CCOC1CC(N)(CNCC2(CCOC)CC2)C1(C)C. The molecular weight excluding hydrogens is 252 g/mol. The molecule has 118 valence electrons. The summed E-state index contributed by atoms with van der Waals surface area (Å²) in [5.74, 6) is 0. The van der Waals surface area contributed by atoms with Crippen LogP contribution in [-0.2, 0) is 9.47 Å². The zero-order valence-electron chi connectivity index (χ0n) is 13.6. The van der Waals surface area contributed by atoms with E-state index in [0.29, 0.717) is 11.5 Å². The summed E-state index contributed by atoms with van der Waals surface area (Å²) in [5, 5.41) is 3.62. The highest BCUT2D eigenvalue weighted by molar-refractivity contribution is 5.14. The highest BCUT2D eigenvalue weighted by atomic mass is 16.5. The zero-order chi connectivity index (χ0) is 14.9. The topological polar surface area (TPSA) is 56.5 Å². The lowest BCUT2D eigenvalue weighted by Crippen LogP contribution is -2.73. The van der Waals surface area contributed by atoms with Gasteiger partial charge in [-0.05, 0) is 38.0 Å². The van der Waals surface area contributed by atoms with Crippen molar-refractivity contribution in [3.05, 3.63) is 0 Å². The number of methoxy groups -OCH3 is 1. The van der Waals surface area contributed by atoms with Gasteiger partial charge in [0.1, 0.15) is 0 Å². The standard InChI is InChI=1S/C16H32N2O2/c1-5-20-13-10-16(17,14(13,2)3)12-18-11-15(6-7-15)8-9-19-4/h13,18H,5-12,17H2,1-4H3. The average molecular weight is 284 g/mol. The lowest BCUT2D eigenvalue weighted by molar-refractivity contribution is -0.148. The number of ether oxygens (including phenoxy) is 2. The van der Waals surface area contributed by atoms with E-state index in [1.165, 1.54) is 19.3 Å². The van der Waals surface area contributed by atoms with Crippen LogP contribution in [0.4, 0.5) is 0 Å². The molecule has 0 aliphatic heterocycles. The van der Waals surface area contributed by atoms with Crippen molar-refractivity contribution in [2.75, 3.05) is 33.4 Å². The summed E-state index contributed by atoms with van der Waals surface area (Å²) in [6.07, 6.45) is 5.09. The Morgan fingerprint density at radius 3 is 2.45 bits per heavy atom. The molecule has 0 aromatic carbocycles. The monoisotopic (exact) mass is 284 g/mol. The third kappa shape index (κ3) is 3.03. The number of hydrogen-bond acceptors (Lipinski definition) is 4. The Bertz CT molecular complexity index is 328. The minimum absolute atomic E-state index is 0.0548. The van der Waals surface area contributed by atoms with Crippen molar-refractivity contribution in [1.29, 1.82) is 0 Å². The average Bonchev–Trinajstić information content (AvgIpc) is 3.17. The highest BCUT2D eigenvalue weighted by Crippen LogP contribution is 2.50. The Hall–Kier alpha value is -0.160. The maximum Gasteiger partial charge on any atom is 0.0662 e. The van der Waals surface area contributed by atoms with Crippen molar-refractivity contribution in [3.8, 4) is 0 Å². The van der Waals surface area contributed by atoms with Gasteiger partial charge in [-0.1, -0.05) is 13.8 Å². The molecule has 2 aliphatic carbocycles. The molecule has 2 atom stereocenters. The van der Waals surface area contributed by atoms with Crippen LogP contribution in [0.15, 0.2) is 0 Å². The number of nitrogens with two attached hydrogens (primary N) is 1. The van der Waals surface area contributed by atoms with Gasteiger partial charge in [0.15, 0.2) is 0 Å². The third-order valence-corrected chi connectivity index (χ3v) is 5.74. The third-order valence-electron chi connectivity index (χ3n) is 5.74. The van der Waals surface area contributed by atoms with E-state index in [1.54, 1.807) is 7.11 Å². The summed E-state index contributed by atoms with van der Waals surface area (Å²) in [6.45, 7) is 10.1. The molecular formula is C16H32N2O2. The van der Waals surface area contributed by atoms with Crippen molar-refractivity contribution < 1.29 is 9.47 Å². The van der Waals surface area contributed by atoms with Crippen LogP contribution in [0.5, 0.6) is 0 Å². The van der Waals surface area contributed by atoms with Gasteiger partial charge in [-0.25, -0.2) is 0 Å². The fourth-order valence-corrected chi connectivity index (χ4v) is 3.37. The second kappa shape index (κ2) is 5.91. The second-order valence-electron chi connectivity index (χ2n) is 7.37. The van der Waals surface area contributed by atoms with E-state index < -0.39 is 0 Å². The van der Waals surface area contributed by atoms with Crippen LogP contribution in [0, 0.1) is 10.8 Å². The summed E-state index contributed by atoms with van der Waals surface area (Å²) in [7, 11) is 1.78. The van der Waals surface area contributed by atoms with Crippen molar-refractivity contribution >= 4 is 0 Å². The van der Waals surface area contributed by atoms with Crippen LogP contribution in [-0.4, -0.2) is 45.1 Å². The molecule has 2 rings (SSSR count). The molecule has 2 fully saturated rings. The van der Waals surface area contributed by atoms with Crippen molar-refractivity contribution in [1.82, 2.24) is 5.32 Å². The Kier molecular flexibility index (Phi) is 4.80. The van der Waals surface area contributed by atoms with Crippen LogP contribution in [0.3, 0.4) is 0 Å². The molecule has 0 heterocycles. The quantitative estimate of drug-likeness (QED) is 0.679. The van der Waals surface area contributed by atoms with Crippen LogP contribution < -0.4 is 11.1 Å². The maximum atomic E-state index is 6.58. The normalized spacial score (nSPS) is 33.8. The second-order valence-corrected chi connectivity index (χ2v) is 7.37. The first-order valence-corrected chi connectivity index (χ1v) is 7.99. The van der Waals surface area contributed by atoms with Gasteiger partial charge in [0.25, 0.3) is 0 Å². The fraction of sp³-hybridized carbons (Fsp3) is 1.00. The Labute approximate surface area is 123 Å². The van der Waals surface area contributed by atoms with Crippen LogP contribution in [0.25, 0.3) is 0 Å². The Morgan fingerprint density at radius 1 is 1.25 bits per heavy atom. The smallest absolute Gasteiger partial charge is 0.0662 e. The van der Waals surface area contributed by atoms with E-state index in [4.69, 9.17) is 15.2 Å². The molecule has 20 heavy (non-hydrogen) atoms. The lowest BCUT2D eigenvalue weighted by atomic mass is 9.54. The van der Waals surface area contributed by atoms with E-state index in [9.17, 15) is 0 Å². The number of nitrogens with one attached hydrogen (secondary N) is 1. The minimum Gasteiger partial charge on any atom is -0.385 e. The largest absolute Gasteiger partial charge is 0.385 e. The van der Waals surface area contributed by atoms with Crippen LogP contribution in [0.1, 0.15) is 46.5 Å². The molecule has 0 aromatic rings. The van der Waals surface area contributed by atoms with E-state index in [2.05, 4.69) is 26.1 Å². The maximum absolute atomic E-state index is 6.58. The predicted molar refractivity (Wildman–Crippen MR) is 81.8 cm³/mol. The molecule has 3 N–H and O–H groups in total. The molecule has 2 aliphatic rings. The molecule has 0 radical (unpaired) electrons. The van der Waals surface area contributed by atoms with Gasteiger partial charge in [-0.3, -0.25) is 0 Å². The van der Waals surface area contributed by atoms with E-state index in [-0.39, 0.29) is 11.0 Å². The van der Waals surface area contributed by atoms with Gasteiger partial charge in [0.2, 0.25) is 0 Å². The van der Waals surface area contributed by atoms with Crippen molar-refractivity contribution in [3.63, 3.8) is 0 Å². The molecule has 0 amide bonds. The van der Waals surface area contributed by atoms with E-state index >= 15 is 0 Å². The lowest BCUT2D eigenvalue weighted by Gasteiger charge is -2.59. The molecule has 0 aromatic heterocycles. The Balaban J connectivity index is 1.74. The molecule has 0 bridgehead atoms. The molecule has 4 nitrogen and oxygen atoms in total. The number of rotatable bonds is 9. The summed E-state index contributed by atoms with van der Waals surface area (Å²) in [6, 6.07) is 0. The number of hydrogen-bond donors (Lipinski definition) is 2. The van der Waals surface area contributed by atoms with Gasteiger partial charge < -0.3 is 20.5 Å². The van der Waals surface area contributed by atoms with Gasteiger partial charge in [-0.2, -0.15) is 0 Å². The highest BCUT2D eigenvalue weighted by Gasteiger charge is 2.58. The predicted octanol–water partition coefficient (Wildman–Crippen LogP) is 1.93. The minimum atomic E-state index is -0.135.